The highest BCUT2D eigenvalue weighted by atomic mass is 19.1. The van der Waals surface area contributed by atoms with E-state index in [-0.39, 0.29) is 41.3 Å². The standard InChI is InChI=1S/C29H26FN3O3/c1-17-13-22(15-31-33-28(34)26-20-5-6-21(14-20)27(26)29(33)35)18(2)32(17)24-9-11-25(12-10-24)36-16-19-3-7-23(30)8-4-19/h3-13,15,20-21,26-27H,14,16H2,1-2H3/t20-,21-,26-,27+/m0/s1. The lowest BCUT2D eigenvalue weighted by molar-refractivity contribution is -0.140. The van der Waals surface area contributed by atoms with Crippen LogP contribution in [0.4, 0.5) is 4.39 Å². The summed E-state index contributed by atoms with van der Waals surface area (Å²) in [5.74, 6) is -0.0653. The maximum absolute atomic E-state index is 13.1. The van der Waals surface area contributed by atoms with Crippen LogP contribution in [0.1, 0.15) is 28.9 Å². The number of ether oxygens (including phenoxy) is 1. The monoisotopic (exact) mass is 483 g/mol. The van der Waals surface area contributed by atoms with Gasteiger partial charge in [-0.1, -0.05) is 24.3 Å². The summed E-state index contributed by atoms with van der Waals surface area (Å²) in [6.07, 6.45) is 6.68. The molecule has 2 amide bonds. The molecule has 1 aliphatic heterocycles. The number of nitrogens with zero attached hydrogens (tertiary/aromatic N) is 3. The van der Waals surface area contributed by atoms with Crippen LogP contribution in [-0.4, -0.2) is 27.6 Å². The van der Waals surface area contributed by atoms with Crippen molar-refractivity contribution in [1.82, 2.24) is 9.58 Å². The Morgan fingerprint density at radius 3 is 2.25 bits per heavy atom. The molecule has 7 heteroatoms. The largest absolute Gasteiger partial charge is 0.489 e. The Balaban J connectivity index is 1.17. The lowest BCUT2D eigenvalue weighted by Gasteiger charge is -2.13. The molecule has 182 valence electrons. The number of carbonyl (C=O) groups is 2. The summed E-state index contributed by atoms with van der Waals surface area (Å²) in [4.78, 5) is 25.8. The molecule has 4 atom stereocenters. The Morgan fingerprint density at radius 1 is 0.972 bits per heavy atom. The molecule has 2 aromatic carbocycles. The molecular formula is C29H26FN3O3. The van der Waals surface area contributed by atoms with Gasteiger partial charge in [-0.3, -0.25) is 9.59 Å². The number of aromatic nitrogens is 1. The maximum Gasteiger partial charge on any atom is 0.254 e. The molecule has 0 unspecified atom stereocenters. The predicted octanol–water partition coefficient (Wildman–Crippen LogP) is 4.95. The summed E-state index contributed by atoms with van der Waals surface area (Å²) in [5, 5.41) is 5.43. The topological polar surface area (TPSA) is 63.9 Å². The number of amides is 2. The van der Waals surface area contributed by atoms with Crippen LogP contribution in [0.5, 0.6) is 5.75 Å². The van der Waals surface area contributed by atoms with Crippen LogP contribution < -0.4 is 4.74 Å². The fraction of sp³-hybridized carbons (Fsp3) is 0.276. The minimum absolute atomic E-state index is 0.171. The van der Waals surface area contributed by atoms with Gasteiger partial charge in [-0.05, 0) is 80.1 Å². The molecule has 6 nitrogen and oxygen atoms in total. The van der Waals surface area contributed by atoms with Gasteiger partial charge < -0.3 is 9.30 Å². The zero-order valence-corrected chi connectivity index (χ0v) is 20.1. The van der Waals surface area contributed by atoms with Crippen LogP contribution in [0.25, 0.3) is 5.69 Å². The third kappa shape index (κ3) is 3.66. The number of hydrogen-bond donors (Lipinski definition) is 0. The van der Waals surface area contributed by atoms with Crippen molar-refractivity contribution in [1.29, 1.82) is 0 Å². The molecule has 1 saturated carbocycles. The van der Waals surface area contributed by atoms with Gasteiger partial charge in [0.25, 0.3) is 11.8 Å². The molecular weight excluding hydrogens is 457 g/mol. The lowest BCUT2D eigenvalue weighted by atomic mass is 9.85. The number of rotatable bonds is 6. The van der Waals surface area contributed by atoms with Gasteiger partial charge in [0.05, 0.1) is 18.1 Å². The molecule has 0 spiro atoms. The fourth-order valence-corrected chi connectivity index (χ4v) is 5.87. The summed E-state index contributed by atoms with van der Waals surface area (Å²) in [7, 11) is 0. The van der Waals surface area contributed by atoms with E-state index in [2.05, 4.69) is 21.8 Å². The number of fused-ring (bicyclic) bond motifs is 5. The summed E-state index contributed by atoms with van der Waals surface area (Å²) in [6, 6.07) is 16.0. The zero-order chi connectivity index (χ0) is 25.0. The van der Waals surface area contributed by atoms with Gasteiger partial charge in [0, 0.05) is 22.6 Å². The number of carbonyl (C=O) groups excluding carboxylic acids is 2. The molecule has 3 aliphatic rings. The van der Waals surface area contributed by atoms with Crippen LogP contribution in [-0.2, 0) is 16.2 Å². The van der Waals surface area contributed by atoms with Gasteiger partial charge in [0.1, 0.15) is 18.2 Å². The van der Waals surface area contributed by atoms with Crippen molar-refractivity contribution in [2.24, 2.45) is 28.8 Å². The number of benzene rings is 2. The van der Waals surface area contributed by atoms with Gasteiger partial charge in [-0.25, -0.2) is 4.39 Å². The van der Waals surface area contributed by atoms with E-state index in [0.29, 0.717) is 12.4 Å². The van der Waals surface area contributed by atoms with Crippen LogP contribution in [0.15, 0.2) is 71.9 Å². The summed E-state index contributed by atoms with van der Waals surface area (Å²) in [5.41, 5.74) is 4.67. The molecule has 0 radical (unpaired) electrons. The normalized spacial score (nSPS) is 24.4. The molecule has 6 rings (SSSR count). The van der Waals surface area contributed by atoms with Crippen LogP contribution >= 0.6 is 0 Å². The van der Waals surface area contributed by atoms with Crippen molar-refractivity contribution in [3.63, 3.8) is 0 Å². The van der Waals surface area contributed by atoms with E-state index in [1.807, 2.05) is 44.2 Å². The summed E-state index contributed by atoms with van der Waals surface area (Å²) < 4.78 is 21.0. The van der Waals surface area contributed by atoms with Gasteiger partial charge >= 0.3 is 0 Å². The summed E-state index contributed by atoms with van der Waals surface area (Å²) in [6.45, 7) is 4.35. The second-order valence-electron chi connectivity index (χ2n) is 9.80. The van der Waals surface area contributed by atoms with Crippen molar-refractivity contribution in [2.45, 2.75) is 26.9 Å². The Hall–Kier alpha value is -4.00. The second-order valence-corrected chi connectivity index (χ2v) is 9.80. The van der Waals surface area contributed by atoms with Gasteiger partial charge in [-0.15, -0.1) is 0 Å². The van der Waals surface area contributed by atoms with Crippen molar-refractivity contribution < 1.29 is 18.7 Å². The molecule has 2 heterocycles. The smallest absolute Gasteiger partial charge is 0.254 e. The van der Waals surface area contributed by atoms with Crippen LogP contribution in [0.3, 0.4) is 0 Å². The first-order valence-electron chi connectivity index (χ1n) is 12.2. The zero-order valence-electron chi connectivity index (χ0n) is 20.1. The van der Waals surface area contributed by atoms with Gasteiger partial charge in [-0.2, -0.15) is 10.1 Å². The predicted molar refractivity (Wildman–Crippen MR) is 133 cm³/mol. The first-order valence-corrected chi connectivity index (χ1v) is 12.2. The third-order valence-electron chi connectivity index (χ3n) is 7.64. The van der Waals surface area contributed by atoms with E-state index in [0.717, 1.165) is 39.6 Å². The van der Waals surface area contributed by atoms with Crippen molar-refractivity contribution in [3.05, 3.63) is 95.1 Å². The highest BCUT2D eigenvalue weighted by molar-refractivity contribution is 6.06. The molecule has 36 heavy (non-hydrogen) atoms. The average Bonchev–Trinajstić information content (AvgIpc) is 3.62. The molecule has 2 bridgehead atoms. The molecule has 3 aromatic rings. The number of aryl methyl sites for hydroxylation is 1. The number of hydrogen-bond acceptors (Lipinski definition) is 4. The highest BCUT2D eigenvalue weighted by Crippen LogP contribution is 2.52. The van der Waals surface area contributed by atoms with Crippen molar-refractivity contribution in [2.75, 3.05) is 0 Å². The van der Waals surface area contributed by atoms with E-state index >= 15 is 0 Å². The van der Waals surface area contributed by atoms with Gasteiger partial charge in [0.15, 0.2) is 0 Å². The fourth-order valence-electron chi connectivity index (χ4n) is 5.87. The minimum Gasteiger partial charge on any atom is -0.489 e. The van der Waals surface area contributed by atoms with E-state index in [1.54, 1.807) is 18.3 Å². The molecule has 2 aliphatic carbocycles. The third-order valence-corrected chi connectivity index (χ3v) is 7.64. The van der Waals surface area contributed by atoms with E-state index < -0.39 is 0 Å². The number of allylic oxidation sites excluding steroid dienone is 2. The first-order chi connectivity index (χ1) is 17.4. The van der Waals surface area contributed by atoms with E-state index in [4.69, 9.17) is 4.74 Å². The number of hydrazone groups is 1. The molecule has 1 saturated heterocycles. The average molecular weight is 484 g/mol. The van der Waals surface area contributed by atoms with Crippen LogP contribution in [0.2, 0.25) is 0 Å². The quantitative estimate of drug-likeness (QED) is 0.283. The number of halogens is 1. The SMILES string of the molecule is Cc1cc(C=NN2C(=O)[C@@H]3[C@H](C2=O)[C@H]2C=C[C@H]3C2)c(C)n1-c1ccc(OCc2ccc(F)cc2)cc1. The number of imide groups is 1. The van der Waals surface area contributed by atoms with Crippen LogP contribution in [0, 0.1) is 43.3 Å². The Labute approximate surface area is 208 Å². The molecule has 1 aromatic heterocycles. The molecule has 2 fully saturated rings. The highest BCUT2D eigenvalue weighted by Gasteiger charge is 2.59. The first kappa shape index (κ1) is 22.5. The second kappa shape index (κ2) is 8.59. The Morgan fingerprint density at radius 2 is 1.61 bits per heavy atom. The summed E-state index contributed by atoms with van der Waals surface area (Å²) >= 11 is 0. The molecule has 0 N–H and O–H groups in total. The Bertz CT molecular complexity index is 1370. The van der Waals surface area contributed by atoms with E-state index in [9.17, 15) is 14.0 Å². The van der Waals surface area contributed by atoms with E-state index in [1.165, 1.54) is 12.1 Å². The maximum atomic E-state index is 13.1. The minimum atomic E-state index is -0.268. The Kier molecular flexibility index (Phi) is 5.36. The van der Waals surface area contributed by atoms with Crippen molar-refractivity contribution >= 4 is 18.0 Å². The van der Waals surface area contributed by atoms with Crippen molar-refractivity contribution in [3.8, 4) is 11.4 Å². The lowest BCUT2D eigenvalue weighted by Crippen LogP contribution is -2.28. The van der Waals surface area contributed by atoms with Gasteiger partial charge in [0.2, 0.25) is 0 Å².